The van der Waals surface area contributed by atoms with Crippen molar-refractivity contribution in [2.75, 3.05) is 5.73 Å². The van der Waals surface area contributed by atoms with Gasteiger partial charge in [0.05, 0.1) is 11.8 Å². The van der Waals surface area contributed by atoms with E-state index in [4.69, 9.17) is 10.5 Å². The van der Waals surface area contributed by atoms with Crippen molar-refractivity contribution in [1.82, 2.24) is 0 Å². The Morgan fingerprint density at radius 3 is 2.67 bits per heavy atom. The van der Waals surface area contributed by atoms with Crippen LogP contribution in [0.15, 0.2) is 16.3 Å². The van der Waals surface area contributed by atoms with Crippen LogP contribution in [0.4, 0.5) is 5.69 Å². The van der Waals surface area contributed by atoms with E-state index in [0.717, 1.165) is 28.4 Å². The lowest BCUT2D eigenvalue weighted by molar-refractivity contribution is 0.0385. The number of nitrogens with zero attached hydrogens (tertiary/aromatic N) is 1. The molecule has 4 nitrogen and oxygen atoms in total. The Morgan fingerprint density at radius 1 is 1.43 bits per heavy atom. The number of hydrogen-bond acceptors (Lipinski definition) is 5. The number of allylic oxidation sites excluding steroid dienone is 2. The largest absolute Gasteiger partial charge is 0.459 e. The molecule has 0 amide bonds. The maximum absolute atomic E-state index is 12.1. The third-order valence-electron chi connectivity index (χ3n) is 3.57. The Balaban J connectivity index is 2.63. The van der Waals surface area contributed by atoms with Gasteiger partial charge in [-0.2, -0.15) is 0 Å². The fourth-order valence-electron chi connectivity index (χ4n) is 2.49. The number of anilines is 1. The molecule has 0 bridgehead atoms. The zero-order chi connectivity index (χ0) is 15.7. The highest BCUT2D eigenvalue weighted by molar-refractivity contribution is 7.12. The van der Waals surface area contributed by atoms with E-state index >= 15 is 0 Å². The number of rotatable bonds is 3. The Labute approximate surface area is 129 Å². The van der Waals surface area contributed by atoms with Crippen molar-refractivity contribution in [1.29, 1.82) is 0 Å². The highest BCUT2D eigenvalue weighted by Crippen LogP contribution is 2.23. The van der Waals surface area contributed by atoms with Gasteiger partial charge in [-0.1, -0.05) is 12.5 Å². The summed E-state index contributed by atoms with van der Waals surface area (Å²) in [6.45, 7) is 9.87. The monoisotopic (exact) mass is 306 g/mol. The van der Waals surface area contributed by atoms with Crippen LogP contribution >= 0.6 is 11.3 Å². The van der Waals surface area contributed by atoms with E-state index in [1.165, 1.54) is 22.5 Å². The first-order valence-electron chi connectivity index (χ1n) is 7.21. The number of esters is 1. The zero-order valence-corrected chi connectivity index (χ0v) is 14.1. The second kappa shape index (κ2) is 6.02. The average Bonchev–Trinajstić information content (AvgIpc) is 2.65. The molecule has 0 radical (unpaired) electrons. The lowest BCUT2D eigenvalue weighted by Gasteiger charge is -2.07. The van der Waals surface area contributed by atoms with Crippen molar-refractivity contribution >= 4 is 28.6 Å². The molecule has 1 aromatic rings. The highest BCUT2D eigenvalue weighted by atomic mass is 32.1. The highest BCUT2D eigenvalue weighted by Gasteiger charge is 2.20. The molecule has 0 atom stereocenters. The molecule has 0 saturated carbocycles. The van der Waals surface area contributed by atoms with Gasteiger partial charge in [0, 0.05) is 10.9 Å². The molecule has 0 saturated heterocycles. The van der Waals surface area contributed by atoms with Crippen molar-refractivity contribution in [2.24, 2.45) is 4.99 Å². The SMILES string of the molecule is CCC1=C(C)N=c2sc(C(=O)OC(C)C)c(N)c2=C(C)C1. The molecule has 0 fully saturated rings. The summed E-state index contributed by atoms with van der Waals surface area (Å²) in [6, 6.07) is 0. The number of nitrogen functional groups attached to an aromatic ring is 1. The van der Waals surface area contributed by atoms with E-state index in [1.54, 1.807) is 0 Å². The van der Waals surface area contributed by atoms with Gasteiger partial charge in [0.25, 0.3) is 0 Å². The summed E-state index contributed by atoms with van der Waals surface area (Å²) in [5, 5.41) is 0.915. The van der Waals surface area contributed by atoms with Crippen LogP contribution in [0.3, 0.4) is 0 Å². The van der Waals surface area contributed by atoms with Gasteiger partial charge in [0.1, 0.15) is 9.55 Å². The van der Waals surface area contributed by atoms with Crippen molar-refractivity contribution in [3.63, 3.8) is 0 Å². The number of carbonyl (C=O) groups is 1. The molecular formula is C16H22N2O2S. The van der Waals surface area contributed by atoms with Crippen LogP contribution < -0.4 is 15.6 Å². The predicted molar refractivity (Wildman–Crippen MR) is 86.8 cm³/mol. The van der Waals surface area contributed by atoms with Crippen LogP contribution in [-0.4, -0.2) is 12.1 Å². The zero-order valence-electron chi connectivity index (χ0n) is 13.2. The van der Waals surface area contributed by atoms with Crippen LogP contribution in [0.2, 0.25) is 0 Å². The fraction of sp³-hybridized carbons (Fsp3) is 0.500. The van der Waals surface area contributed by atoms with Gasteiger partial charge in [-0.3, -0.25) is 0 Å². The van der Waals surface area contributed by atoms with Crippen LogP contribution in [0.1, 0.15) is 57.1 Å². The summed E-state index contributed by atoms with van der Waals surface area (Å²) in [5.41, 5.74) is 10.2. The van der Waals surface area contributed by atoms with Crippen molar-refractivity contribution < 1.29 is 9.53 Å². The molecule has 1 aliphatic heterocycles. The van der Waals surface area contributed by atoms with E-state index in [-0.39, 0.29) is 12.1 Å². The molecule has 5 heteroatoms. The van der Waals surface area contributed by atoms with E-state index < -0.39 is 0 Å². The molecule has 0 aliphatic carbocycles. The summed E-state index contributed by atoms with van der Waals surface area (Å²) in [4.78, 5) is 17.3. The Bertz CT molecular complexity index is 726. The van der Waals surface area contributed by atoms with Gasteiger partial charge in [-0.05, 0) is 46.1 Å². The molecule has 2 N–H and O–H groups in total. The number of thiophene rings is 1. The molecular weight excluding hydrogens is 284 g/mol. The van der Waals surface area contributed by atoms with Gasteiger partial charge in [0.15, 0.2) is 0 Å². The van der Waals surface area contributed by atoms with Gasteiger partial charge in [-0.15, -0.1) is 11.3 Å². The summed E-state index contributed by atoms with van der Waals surface area (Å²) < 4.78 is 6.08. The minimum Gasteiger partial charge on any atom is -0.459 e. The summed E-state index contributed by atoms with van der Waals surface area (Å²) in [6.07, 6.45) is 1.68. The summed E-state index contributed by atoms with van der Waals surface area (Å²) in [7, 11) is 0. The first kappa shape index (κ1) is 15.8. The first-order valence-corrected chi connectivity index (χ1v) is 8.03. The maximum Gasteiger partial charge on any atom is 0.350 e. The van der Waals surface area contributed by atoms with Crippen molar-refractivity contribution in [2.45, 2.75) is 53.6 Å². The fourth-order valence-corrected chi connectivity index (χ4v) is 3.60. The summed E-state index contributed by atoms with van der Waals surface area (Å²) >= 11 is 1.32. The van der Waals surface area contributed by atoms with Crippen LogP contribution in [-0.2, 0) is 4.74 Å². The maximum atomic E-state index is 12.1. The lowest BCUT2D eigenvalue weighted by atomic mass is 10.0. The minimum atomic E-state index is -0.360. The van der Waals surface area contributed by atoms with Crippen LogP contribution in [0.25, 0.3) is 5.57 Å². The molecule has 0 spiro atoms. The van der Waals surface area contributed by atoms with Crippen LogP contribution in [0, 0.1) is 0 Å². The number of ether oxygens (including phenoxy) is 1. The Morgan fingerprint density at radius 2 is 2.10 bits per heavy atom. The van der Waals surface area contributed by atoms with E-state index in [9.17, 15) is 4.79 Å². The molecule has 114 valence electrons. The number of hydrogen-bond donors (Lipinski definition) is 1. The summed E-state index contributed by atoms with van der Waals surface area (Å²) in [5.74, 6) is -0.360. The molecule has 2 heterocycles. The van der Waals surface area contributed by atoms with Gasteiger partial charge in [0.2, 0.25) is 0 Å². The Kier molecular flexibility index (Phi) is 4.52. The first-order chi connectivity index (χ1) is 9.85. The molecule has 21 heavy (non-hydrogen) atoms. The van der Waals surface area contributed by atoms with E-state index in [0.29, 0.717) is 10.6 Å². The second-order valence-electron chi connectivity index (χ2n) is 5.59. The number of nitrogens with two attached hydrogens (primary N) is 1. The molecule has 1 aliphatic rings. The molecule has 0 unspecified atom stereocenters. The van der Waals surface area contributed by atoms with Gasteiger partial charge in [-0.25, -0.2) is 9.79 Å². The van der Waals surface area contributed by atoms with Crippen molar-refractivity contribution in [3.8, 4) is 0 Å². The van der Waals surface area contributed by atoms with Gasteiger partial charge < -0.3 is 10.5 Å². The predicted octanol–water partition coefficient (Wildman–Crippen LogP) is 2.77. The average molecular weight is 306 g/mol. The van der Waals surface area contributed by atoms with E-state index in [2.05, 4.69) is 18.8 Å². The number of carbonyl (C=O) groups excluding carboxylic acids is 1. The normalized spacial score (nSPS) is 14.9. The topological polar surface area (TPSA) is 64.7 Å². The van der Waals surface area contributed by atoms with Crippen molar-refractivity contribution in [3.05, 3.63) is 26.0 Å². The standard InChI is InChI=1S/C16H22N2O2S/c1-6-11-7-9(4)12-13(17)14(16(19)20-8(2)3)21-15(12)18-10(11)5/h8H,6-7,17H2,1-5H3. The van der Waals surface area contributed by atoms with Crippen LogP contribution in [0.5, 0.6) is 0 Å². The van der Waals surface area contributed by atoms with E-state index in [1.807, 2.05) is 20.8 Å². The molecule has 1 aromatic heterocycles. The quantitative estimate of drug-likeness (QED) is 0.873. The lowest BCUT2D eigenvalue weighted by Crippen LogP contribution is -2.23. The Hall–Kier alpha value is -1.62. The van der Waals surface area contributed by atoms with Gasteiger partial charge >= 0.3 is 5.97 Å². The minimum absolute atomic E-state index is 0.158. The molecule has 2 rings (SSSR count). The third kappa shape index (κ3) is 3.02. The smallest absolute Gasteiger partial charge is 0.350 e. The molecule has 0 aromatic carbocycles. The third-order valence-corrected chi connectivity index (χ3v) is 4.65. The second-order valence-corrected chi connectivity index (χ2v) is 6.59. The number of fused-ring (bicyclic) bond motifs is 1.